The molecule has 36 heavy (non-hydrogen) atoms. The van der Waals surface area contributed by atoms with E-state index < -0.39 is 0 Å². The average Bonchev–Trinajstić information content (AvgIpc) is 3.30. The van der Waals surface area contributed by atoms with Gasteiger partial charge in [0, 0.05) is 48.5 Å². The van der Waals surface area contributed by atoms with E-state index in [4.69, 9.17) is 9.47 Å². The zero-order valence-electron chi connectivity index (χ0n) is 21.1. The molecule has 5 heteroatoms. The first kappa shape index (κ1) is 23.1. The van der Waals surface area contributed by atoms with Crippen molar-refractivity contribution in [2.75, 3.05) is 50.9 Å². The van der Waals surface area contributed by atoms with E-state index in [0.717, 1.165) is 64.6 Å². The Hall–Kier alpha value is -3.28. The van der Waals surface area contributed by atoms with Gasteiger partial charge in [-0.25, -0.2) is 0 Å². The second-order valence-corrected chi connectivity index (χ2v) is 9.97. The molecule has 2 aliphatic rings. The number of nitrogens with one attached hydrogen (secondary N) is 1. The number of aromatic amines is 1. The molecule has 1 saturated heterocycles. The minimum Gasteiger partial charge on any atom is -0.494 e. The molecule has 6 rings (SSSR count). The normalized spacial score (nSPS) is 18.4. The standard InChI is InChI=1S/C31H35N3O2/c1-23-8-13-29-28(22-23)27-14-16-34(25-6-3-2-4-7-25)31(30(27)32-29)24-9-11-26(12-10-24)36-19-5-15-33-17-20-35-21-18-33/h2-4,6-13,22,31-32H,5,14-21H2,1H3. The van der Waals surface area contributed by atoms with Gasteiger partial charge in [0.25, 0.3) is 0 Å². The van der Waals surface area contributed by atoms with Crippen molar-refractivity contribution in [1.29, 1.82) is 0 Å². The van der Waals surface area contributed by atoms with Gasteiger partial charge in [-0.3, -0.25) is 4.90 Å². The van der Waals surface area contributed by atoms with Crippen LogP contribution in [-0.2, 0) is 11.2 Å². The monoisotopic (exact) mass is 481 g/mol. The van der Waals surface area contributed by atoms with E-state index >= 15 is 0 Å². The van der Waals surface area contributed by atoms with Crippen molar-refractivity contribution in [1.82, 2.24) is 9.88 Å². The van der Waals surface area contributed by atoms with Gasteiger partial charge in [-0.05, 0) is 67.3 Å². The first-order valence-electron chi connectivity index (χ1n) is 13.2. The molecule has 0 amide bonds. The maximum absolute atomic E-state index is 6.10. The zero-order valence-corrected chi connectivity index (χ0v) is 21.1. The molecule has 186 valence electrons. The highest BCUT2D eigenvalue weighted by Gasteiger charge is 2.32. The fourth-order valence-corrected chi connectivity index (χ4v) is 5.70. The van der Waals surface area contributed by atoms with E-state index in [0.29, 0.717) is 0 Å². The maximum Gasteiger partial charge on any atom is 0.119 e. The van der Waals surface area contributed by atoms with Crippen molar-refractivity contribution in [3.05, 3.63) is 95.2 Å². The predicted octanol–water partition coefficient (Wildman–Crippen LogP) is 5.73. The summed E-state index contributed by atoms with van der Waals surface area (Å²) >= 11 is 0. The van der Waals surface area contributed by atoms with Crippen molar-refractivity contribution in [3.63, 3.8) is 0 Å². The third-order valence-corrected chi connectivity index (χ3v) is 7.56. The zero-order chi connectivity index (χ0) is 24.3. The number of nitrogens with zero attached hydrogens (tertiary/aromatic N) is 2. The molecular formula is C31H35N3O2. The largest absolute Gasteiger partial charge is 0.494 e. The number of hydrogen-bond donors (Lipinski definition) is 1. The molecule has 0 spiro atoms. The molecular weight excluding hydrogens is 446 g/mol. The molecule has 0 radical (unpaired) electrons. The van der Waals surface area contributed by atoms with Crippen molar-refractivity contribution in [2.24, 2.45) is 0 Å². The molecule has 0 saturated carbocycles. The summed E-state index contributed by atoms with van der Waals surface area (Å²) in [6, 6.07) is 26.4. The van der Waals surface area contributed by atoms with Gasteiger partial charge in [0.1, 0.15) is 5.75 Å². The Balaban J connectivity index is 1.24. The van der Waals surface area contributed by atoms with Crippen LogP contribution < -0.4 is 9.64 Å². The average molecular weight is 482 g/mol. The van der Waals surface area contributed by atoms with Gasteiger partial charge in [0.2, 0.25) is 0 Å². The number of anilines is 1. The molecule has 3 heterocycles. The lowest BCUT2D eigenvalue weighted by Crippen LogP contribution is -2.37. The Morgan fingerprint density at radius 2 is 1.75 bits per heavy atom. The van der Waals surface area contributed by atoms with Crippen LogP contribution in [0.4, 0.5) is 5.69 Å². The number of benzene rings is 3. The Morgan fingerprint density at radius 3 is 2.56 bits per heavy atom. The van der Waals surface area contributed by atoms with Crippen LogP contribution in [0.2, 0.25) is 0 Å². The first-order chi connectivity index (χ1) is 17.8. The van der Waals surface area contributed by atoms with Crippen LogP contribution in [0.3, 0.4) is 0 Å². The molecule has 2 aliphatic heterocycles. The van der Waals surface area contributed by atoms with Crippen LogP contribution in [0.5, 0.6) is 5.75 Å². The van der Waals surface area contributed by atoms with Crippen LogP contribution >= 0.6 is 0 Å². The lowest BCUT2D eigenvalue weighted by molar-refractivity contribution is 0.0358. The number of fused-ring (bicyclic) bond motifs is 3. The van der Waals surface area contributed by atoms with E-state index in [1.165, 1.54) is 39.0 Å². The van der Waals surface area contributed by atoms with E-state index in [2.05, 4.69) is 94.5 Å². The highest BCUT2D eigenvalue weighted by atomic mass is 16.5. The number of ether oxygens (including phenoxy) is 2. The summed E-state index contributed by atoms with van der Waals surface area (Å²) in [7, 11) is 0. The Morgan fingerprint density at radius 1 is 0.944 bits per heavy atom. The molecule has 0 aliphatic carbocycles. The number of H-pyrrole nitrogens is 1. The summed E-state index contributed by atoms with van der Waals surface area (Å²) < 4.78 is 11.5. The van der Waals surface area contributed by atoms with Gasteiger partial charge >= 0.3 is 0 Å². The molecule has 1 fully saturated rings. The number of hydrogen-bond acceptors (Lipinski definition) is 4. The molecule has 1 N–H and O–H groups in total. The van der Waals surface area contributed by atoms with E-state index in [-0.39, 0.29) is 6.04 Å². The summed E-state index contributed by atoms with van der Waals surface area (Å²) in [5.41, 5.74) is 7.83. The molecule has 0 bridgehead atoms. The van der Waals surface area contributed by atoms with Crippen LogP contribution in [0.15, 0.2) is 72.8 Å². The minimum absolute atomic E-state index is 0.138. The third kappa shape index (κ3) is 4.73. The van der Waals surface area contributed by atoms with Crippen LogP contribution in [0.25, 0.3) is 10.9 Å². The highest BCUT2D eigenvalue weighted by Crippen LogP contribution is 2.41. The second kappa shape index (κ2) is 10.4. The second-order valence-electron chi connectivity index (χ2n) is 9.97. The minimum atomic E-state index is 0.138. The van der Waals surface area contributed by atoms with Gasteiger partial charge in [-0.15, -0.1) is 0 Å². The van der Waals surface area contributed by atoms with E-state index in [1.54, 1.807) is 0 Å². The van der Waals surface area contributed by atoms with Crippen molar-refractivity contribution in [3.8, 4) is 5.75 Å². The lowest BCUT2D eigenvalue weighted by Gasteiger charge is -2.38. The number of aryl methyl sites for hydroxylation is 1. The molecule has 5 nitrogen and oxygen atoms in total. The number of morpholine rings is 1. The Bertz CT molecular complexity index is 1290. The smallest absolute Gasteiger partial charge is 0.119 e. The summed E-state index contributed by atoms with van der Waals surface area (Å²) in [6.45, 7) is 8.73. The first-order valence-corrected chi connectivity index (χ1v) is 13.2. The predicted molar refractivity (Wildman–Crippen MR) is 146 cm³/mol. The Kier molecular flexibility index (Phi) is 6.67. The molecule has 4 aromatic rings. The highest BCUT2D eigenvalue weighted by molar-refractivity contribution is 5.86. The van der Waals surface area contributed by atoms with Crippen molar-refractivity contribution >= 4 is 16.6 Å². The van der Waals surface area contributed by atoms with Crippen LogP contribution in [0.1, 0.15) is 34.8 Å². The van der Waals surface area contributed by atoms with Crippen molar-refractivity contribution in [2.45, 2.75) is 25.8 Å². The summed E-state index contributed by atoms with van der Waals surface area (Å²) in [6.07, 6.45) is 2.07. The maximum atomic E-state index is 6.10. The van der Waals surface area contributed by atoms with Crippen molar-refractivity contribution < 1.29 is 9.47 Å². The number of aromatic nitrogens is 1. The topological polar surface area (TPSA) is 40.7 Å². The van der Waals surface area contributed by atoms with Gasteiger partial charge in [-0.1, -0.05) is 42.0 Å². The molecule has 1 atom stereocenters. The van der Waals surface area contributed by atoms with Gasteiger partial charge in [0.15, 0.2) is 0 Å². The number of rotatable bonds is 7. The van der Waals surface area contributed by atoms with Gasteiger partial charge < -0.3 is 19.4 Å². The van der Waals surface area contributed by atoms with Gasteiger partial charge in [0.05, 0.1) is 25.9 Å². The van der Waals surface area contributed by atoms with Crippen LogP contribution in [-0.4, -0.2) is 55.9 Å². The summed E-state index contributed by atoms with van der Waals surface area (Å²) in [5, 5.41) is 1.36. The van der Waals surface area contributed by atoms with E-state index in [9.17, 15) is 0 Å². The lowest BCUT2D eigenvalue weighted by atomic mass is 9.91. The SMILES string of the molecule is Cc1ccc2[nH]c3c(c2c1)CCN(c1ccccc1)C3c1ccc(OCCCN2CCOCC2)cc1. The fraction of sp³-hybridized carbons (Fsp3) is 0.355. The number of para-hydroxylation sites is 1. The Labute approximate surface area is 213 Å². The molecule has 1 aromatic heterocycles. The fourth-order valence-electron chi connectivity index (χ4n) is 5.70. The summed E-state index contributed by atoms with van der Waals surface area (Å²) in [5.74, 6) is 0.940. The van der Waals surface area contributed by atoms with E-state index in [1.807, 2.05) is 0 Å². The summed E-state index contributed by atoms with van der Waals surface area (Å²) in [4.78, 5) is 8.78. The van der Waals surface area contributed by atoms with Crippen LogP contribution in [0, 0.1) is 6.92 Å². The van der Waals surface area contributed by atoms with Gasteiger partial charge in [-0.2, -0.15) is 0 Å². The third-order valence-electron chi connectivity index (χ3n) is 7.56. The molecule has 1 unspecified atom stereocenters. The quantitative estimate of drug-likeness (QED) is 0.342. The molecule has 3 aromatic carbocycles.